The van der Waals surface area contributed by atoms with E-state index in [0.29, 0.717) is 30.2 Å². The summed E-state index contributed by atoms with van der Waals surface area (Å²) in [6.45, 7) is 5.27. The van der Waals surface area contributed by atoms with Crippen molar-refractivity contribution in [2.24, 2.45) is 4.99 Å². The molecule has 0 spiro atoms. The Kier molecular flexibility index (Phi) is 8.18. The van der Waals surface area contributed by atoms with E-state index >= 15 is 0 Å². The number of imide groups is 1. The zero-order valence-electron chi connectivity index (χ0n) is 16.8. The van der Waals surface area contributed by atoms with Crippen LogP contribution < -0.4 is 10.6 Å². The number of carbonyl (C=O) groups excluding carboxylic acids is 2. The first-order chi connectivity index (χ1) is 13.6. The van der Waals surface area contributed by atoms with Crippen molar-refractivity contribution in [1.82, 2.24) is 20.7 Å². The van der Waals surface area contributed by atoms with Gasteiger partial charge in [-0.3, -0.25) is 19.5 Å². The average molecular weight is 511 g/mol. The molecule has 1 aliphatic rings. The Balaban J connectivity index is 0.00000300. The highest BCUT2D eigenvalue weighted by molar-refractivity contribution is 14.0. The van der Waals surface area contributed by atoms with E-state index in [2.05, 4.69) is 20.8 Å². The number of aryl methyl sites for hydroxylation is 2. The number of hydrogen-bond acceptors (Lipinski definition) is 5. The lowest BCUT2D eigenvalue weighted by molar-refractivity contribution is 0.0657. The van der Waals surface area contributed by atoms with Crippen LogP contribution in [0.1, 0.15) is 51.6 Å². The standard InChI is InChI=1S/C20H25N5O3.HI/c1-4-16-15(17(5-2)28-24-16)12-23-20(21-3)22-10-11-25-18(26)13-8-6-7-9-14(13)19(25)27;/h6-9H,4-5,10-12H2,1-3H3,(H2,21,22,23);1H. The minimum atomic E-state index is -0.255. The molecular formula is C20H26IN5O3. The number of halogens is 1. The van der Waals surface area contributed by atoms with Gasteiger partial charge in [0.05, 0.1) is 16.8 Å². The third kappa shape index (κ3) is 4.77. The van der Waals surface area contributed by atoms with Gasteiger partial charge in [-0.2, -0.15) is 0 Å². The molecule has 0 aliphatic carbocycles. The number of guanidine groups is 1. The summed E-state index contributed by atoms with van der Waals surface area (Å²) < 4.78 is 5.37. The summed E-state index contributed by atoms with van der Waals surface area (Å²) in [7, 11) is 1.67. The number of benzene rings is 1. The third-order valence-electron chi connectivity index (χ3n) is 4.77. The Morgan fingerprint density at radius 1 is 1.10 bits per heavy atom. The van der Waals surface area contributed by atoms with Crippen LogP contribution in [0.5, 0.6) is 0 Å². The molecule has 0 radical (unpaired) electrons. The quantitative estimate of drug-likeness (QED) is 0.256. The number of nitrogens with zero attached hydrogens (tertiary/aromatic N) is 3. The minimum absolute atomic E-state index is 0. The van der Waals surface area contributed by atoms with Crippen LogP contribution in [0, 0.1) is 0 Å². The number of amides is 2. The molecule has 0 fully saturated rings. The summed E-state index contributed by atoms with van der Waals surface area (Å²) in [5.74, 6) is 0.942. The Hall–Kier alpha value is -2.43. The predicted molar refractivity (Wildman–Crippen MR) is 121 cm³/mol. The second-order valence-corrected chi connectivity index (χ2v) is 6.40. The highest BCUT2D eigenvalue weighted by atomic mass is 127. The zero-order valence-corrected chi connectivity index (χ0v) is 19.1. The molecule has 1 aromatic heterocycles. The van der Waals surface area contributed by atoms with Gasteiger partial charge in [0.2, 0.25) is 0 Å². The van der Waals surface area contributed by atoms with Gasteiger partial charge in [-0.15, -0.1) is 24.0 Å². The van der Waals surface area contributed by atoms with Gasteiger partial charge in [0.1, 0.15) is 5.76 Å². The lowest BCUT2D eigenvalue weighted by Crippen LogP contribution is -2.42. The molecule has 156 valence electrons. The molecule has 3 rings (SSSR count). The van der Waals surface area contributed by atoms with Gasteiger partial charge in [-0.25, -0.2) is 0 Å². The fourth-order valence-corrected chi connectivity index (χ4v) is 3.26. The molecule has 2 heterocycles. The molecule has 0 bridgehead atoms. The van der Waals surface area contributed by atoms with Gasteiger partial charge < -0.3 is 15.2 Å². The maximum absolute atomic E-state index is 12.4. The van der Waals surface area contributed by atoms with Gasteiger partial charge in [0, 0.05) is 38.7 Å². The van der Waals surface area contributed by atoms with Gasteiger partial charge in [-0.1, -0.05) is 31.1 Å². The minimum Gasteiger partial charge on any atom is -0.361 e. The SMILES string of the molecule is CCc1noc(CC)c1CNC(=NC)NCCN1C(=O)c2ccccc2C1=O.I. The van der Waals surface area contributed by atoms with E-state index in [1.807, 2.05) is 13.8 Å². The second-order valence-electron chi connectivity index (χ2n) is 6.40. The van der Waals surface area contributed by atoms with E-state index in [9.17, 15) is 9.59 Å². The second kappa shape index (κ2) is 10.4. The number of aliphatic imine (C=N–C) groups is 1. The number of nitrogens with one attached hydrogen (secondary N) is 2. The monoisotopic (exact) mass is 511 g/mol. The summed E-state index contributed by atoms with van der Waals surface area (Å²) in [6.07, 6.45) is 1.57. The number of rotatable bonds is 7. The Morgan fingerprint density at radius 2 is 1.76 bits per heavy atom. The van der Waals surface area contributed by atoms with Crippen LogP contribution in [0.25, 0.3) is 0 Å². The third-order valence-corrected chi connectivity index (χ3v) is 4.77. The predicted octanol–water partition coefficient (Wildman–Crippen LogP) is 2.38. The largest absolute Gasteiger partial charge is 0.361 e. The topological polar surface area (TPSA) is 99.8 Å². The lowest BCUT2D eigenvalue weighted by atomic mass is 10.1. The van der Waals surface area contributed by atoms with Crippen molar-refractivity contribution in [3.05, 3.63) is 52.4 Å². The van der Waals surface area contributed by atoms with Crippen molar-refractivity contribution in [2.45, 2.75) is 33.2 Å². The molecule has 2 amide bonds. The van der Waals surface area contributed by atoms with Gasteiger partial charge >= 0.3 is 0 Å². The first-order valence-electron chi connectivity index (χ1n) is 9.46. The van der Waals surface area contributed by atoms with Crippen LogP contribution >= 0.6 is 24.0 Å². The Morgan fingerprint density at radius 3 is 2.31 bits per heavy atom. The molecule has 1 aliphatic heterocycles. The number of hydrogen-bond donors (Lipinski definition) is 2. The number of fused-ring (bicyclic) bond motifs is 1. The smallest absolute Gasteiger partial charge is 0.261 e. The van der Waals surface area contributed by atoms with Crippen LogP contribution in [0.4, 0.5) is 0 Å². The molecule has 9 heteroatoms. The van der Waals surface area contributed by atoms with Crippen LogP contribution in [0.3, 0.4) is 0 Å². The van der Waals surface area contributed by atoms with Gasteiger partial charge in [0.15, 0.2) is 5.96 Å². The molecule has 29 heavy (non-hydrogen) atoms. The molecule has 1 aromatic carbocycles. The molecule has 8 nitrogen and oxygen atoms in total. The molecule has 0 saturated carbocycles. The summed E-state index contributed by atoms with van der Waals surface area (Å²) in [6, 6.07) is 6.88. The molecule has 2 aromatic rings. The highest BCUT2D eigenvalue weighted by Crippen LogP contribution is 2.21. The maximum Gasteiger partial charge on any atom is 0.261 e. The normalized spacial score (nSPS) is 13.3. The van der Waals surface area contributed by atoms with Crippen molar-refractivity contribution in [3.8, 4) is 0 Å². The van der Waals surface area contributed by atoms with E-state index in [1.165, 1.54) is 4.90 Å². The molecular weight excluding hydrogens is 485 g/mol. The van der Waals surface area contributed by atoms with Gasteiger partial charge in [0.25, 0.3) is 11.8 Å². The van der Waals surface area contributed by atoms with E-state index in [1.54, 1.807) is 31.3 Å². The summed E-state index contributed by atoms with van der Waals surface area (Å²) >= 11 is 0. The fraction of sp³-hybridized carbons (Fsp3) is 0.400. The van der Waals surface area contributed by atoms with E-state index in [0.717, 1.165) is 29.9 Å². The van der Waals surface area contributed by atoms with Crippen LogP contribution in [0.2, 0.25) is 0 Å². The zero-order chi connectivity index (χ0) is 20.1. The lowest BCUT2D eigenvalue weighted by Gasteiger charge is -2.16. The maximum atomic E-state index is 12.4. The number of carbonyl (C=O) groups is 2. The molecule has 2 N–H and O–H groups in total. The van der Waals surface area contributed by atoms with E-state index in [-0.39, 0.29) is 42.3 Å². The summed E-state index contributed by atoms with van der Waals surface area (Å²) in [5.41, 5.74) is 2.91. The van der Waals surface area contributed by atoms with Gasteiger partial charge in [-0.05, 0) is 18.6 Å². The first-order valence-corrected chi connectivity index (χ1v) is 9.46. The van der Waals surface area contributed by atoms with E-state index in [4.69, 9.17) is 4.52 Å². The first kappa shape index (κ1) is 22.9. The average Bonchev–Trinajstić information content (AvgIpc) is 3.24. The molecule has 0 saturated heterocycles. The van der Waals surface area contributed by atoms with Crippen molar-refractivity contribution in [2.75, 3.05) is 20.1 Å². The van der Waals surface area contributed by atoms with Crippen molar-refractivity contribution >= 4 is 41.8 Å². The number of aromatic nitrogens is 1. The fourth-order valence-electron chi connectivity index (χ4n) is 3.26. The van der Waals surface area contributed by atoms with Crippen molar-refractivity contribution in [1.29, 1.82) is 0 Å². The highest BCUT2D eigenvalue weighted by Gasteiger charge is 2.34. The van der Waals surface area contributed by atoms with Crippen molar-refractivity contribution < 1.29 is 14.1 Å². The Labute approximate surface area is 187 Å². The summed E-state index contributed by atoms with van der Waals surface area (Å²) in [5, 5.41) is 10.5. The molecule has 0 unspecified atom stereocenters. The van der Waals surface area contributed by atoms with Crippen LogP contribution in [-0.4, -0.2) is 48.0 Å². The van der Waals surface area contributed by atoms with Crippen LogP contribution in [0.15, 0.2) is 33.8 Å². The Bertz CT molecular complexity index is 853. The van der Waals surface area contributed by atoms with Crippen molar-refractivity contribution in [3.63, 3.8) is 0 Å². The van der Waals surface area contributed by atoms with E-state index < -0.39 is 0 Å². The molecule has 0 atom stereocenters. The summed E-state index contributed by atoms with van der Waals surface area (Å²) in [4.78, 5) is 30.2. The van der Waals surface area contributed by atoms with Crippen LogP contribution in [-0.2, 0) is 19.4 Å².